The summed E-state index contributed by atoms with van der Waals surface area (Å²) in [6.07, 6.45) is 1.28. The van der Waals surface area contributed by atoms with Crippen molar-refractivity contribution >= 4 is 23.9 Å². The monoisotopic (exact) mass is 173 g/mol. The maximum absolute atomic E-state index is 11.2. The van der Waals surface area contributed by atoms with E-state index in [0.29, 0.717) is 0 Å². The molecule has 13 heavy (non-hydrogen) atoms. The summed E-state index contributed by atoms with van der Waals surface area (Å²) in [6, 6.07) is 1.83. The first-order valence-corrected chi connectivity index (χ1v) is 3.38. The summed E-state index contributed by atoms with van der Waals surface area (Å²) < 4.78 is 0. The molecule has 0 fully saturated rings. The van der Waals surface area contributed by atoms with E-state index in [4.69, 9.17) is 11.0 Å². The van der Waals surface area contributed by atoms with Crippen LogP contribution in [0.15, 0.2) is 26.1 Å². The molecule has 62 valence electrons. The largest absolute Gasteiger partial charge is 0.368 e. The van der Waals surface area contributed by atoms with Crippen molar-refractivity contribution in [2.45, 2.75) is 0 Å². The Hall–Kier alpha value is -2.29. The van der Waals surface area contributed by atoms with Gasteiger partial charge in [-0.25, -0.2) is 4.99 Å². The van der Waals surface area contributed by atoms with Crippen LogP contribution in [0.1, 0.15) is 0 Å². The minimum absolute atomic E-state index is 0.125. The number of nitrogens with zero attached hydrogens (tertiary/aromatic N) is 4. The topological polar surface area (TPSA) is 104 Å². The molecule has 0 aromatic heterocycles. The quantitative estimate of drug-likeness (QED) is 0.515. The van der Waals surface area contributed by atoms with Crippen LogP contribution in [-0.4, -0.2) is 23.9 Å². The maximum atomic E-state index is 11.2. The Labute approximate surface area is 72.8 Å². The van der Waals surface area contributed by atoms with Gasteiger partial charge in [0.2, 0.25) is 5.96 Å². The molecule has 0 aromatic carbocycles. The van der Waals surface area contributed by atoms with E-state index in [9.17, 15) is 4.79 Å². The fraction of sp³-hybridized carbons (Fsp3) is 0. The highest BCUT2D eigenvalue weighted by atomic mass is 16.1. The highest BCUT2D eigenvalue weighted by molar-refractivity contribution is 6.34. The number of rotatable bonds is 0. The number of guanidine groups is 1. The zero-order valence-corrected chi connectivity index (χ0v) is 6.35. The summed E-state index contributed by atoms with van der Waals surface area (Å²) in [6.45, 7) is 0. The number of carbonyl (C=O) groups excluding carboxylic acids is 1. The normalized spacial score (nSPS) is 19.5. The van der Waals surface area contributed by atoms with Crippen LogP contribution < -0.4 is 5.73 Å². The third kappa shape index (κ3) is 0.945. The Bertz CT molecular complexity index is 460. The Morgan fingerprint density at radius 3 is 2.92 bits per heavy atom. The van der Waals surface area contributed by atoms with Gasteiger partial charge in [0.1, 0.15) is 11.6 Å². The van der Waals surface area contributed by atoms with E-state index >= 15 is 0 Å². The van der Waals surface area contributed by atoms with Crippen LogP contribution in [-0.2, 0) is 4.79 Å². The summed E-state index contributed by atoms with van der Waals surface area (Å²) in [5.41, 5.74) is 5.55. The molecule has 0 aliphatic carbocycles. The van der Waals surface area contributed by atoms with Gasteiger partial charge in [-0.05, 0) is 0 Å². The summed E-state index contributed by atoms with van der Waals surface area (Å²) in [7, 11) is 0. The zero-order chi connectivity index (χ0) is 9.42. The van der Waals surface area contributed by atoms with Gasteiger partial charge in [0.05, 0.1) is 5.57 Å². The van der Waals surface area contributed by atoms with Crippen LogP contribution in [0, 0.1) is 11.3 Å². The molecule has 0 saturated carbocycles. The molecule has 0 saturated heterocycles. The van der Waals surface area contributed by atoms with E-state index in [0.717, 1.165) is 0 Å². The lowest BCUT2D eigenvalue weighted by atomic mass is 10.1. The molecular weight excluding hydrogens is 170 g/mol. The third-order valence-electron chi connectivity index (χ3n) is 1.58. The molecule has 2 N–H and O–H groups in total. The molecule has 6 nitrogen and oxygen atoms in total. The van der Waals surface area contributed by atoms with Gasteiger partial charge in [-0.1, -0.05) is 0 Å². The molecule has 2 rings (SSSR count). The third-order valence-corrected chi connectivity index (χ3v) is 1.58. The SMILES string of the molecule is N#CC1=C2C(=O)N=C(N)N=C2N=C1. The smallest absolute Gasteiger partial charge is 0.285 e. The number of allylic oxidation sites excluding steroid dienone is 1. The first-order chi connectivity index (χ1) is 6.22. The number of nitrogens with two attached hydrogens (primary N) is 1. The molecule has 2 aliphatic heterocycles. The van der Waals surface area contributed by atoms with Crippen molar-refractivity contribution in [1.82, 2.24) is 0 Å². The van der Waals surface area contributed by atoms with E-state index in [-0.39, 0.29) is 22.9 Å². The van der Waals surface area contributed by atoms with Gasteiger partial charge in [-0.3, -0.25) is 4.79 Å². The Morgan fingerprint density at radius 2 is 2.23 bits per heavy atom. The number of amides is 1. The first kappa shape index (κ1) is 7.36. The predicted octanol–water partition coefficient (Wildman–Crippen LogP) is -0.856. The van der Waals surface area contributed by atoms with Gasteiger partial charge >= 0.3 is 0 Å². The molecule has 0 bridgehead atoms. The Morgan fingerprint density at radius 1 is 1.46 bits per heavy atom. The van der Waals surface area contributed by atoms with Crippen LogP contribution in [0.5, 0.6) is 0 Å². The van der Waals surface area contributed by atoms with Crippen molar-refractivity contribution in [3.63, 3.8) is 0 Å². The summed E-state index contributed by atoms with van der Waals surface area (Å²) in [5, 5.41) is 8.60. The molecule has 0 aromatic rings. The number of hydrogen-bond acceptors (Lipinski definition) is 5. The van der Waals surface area contributed by atoms with Crippen molar-refractivity contribution in [1.29, 1.82) is 5.26 Å². The minimum Gasteiger partial charge on any atom is -0.368 e. The van der Waals surface area contributed by atoms with E-state index in [2.05, 4.69) is 15.0 Å². The van der Waals surface area contributed by atoms with E-state index in [1.54, 1.807) is 0 Å². The molecule has 0 radical (unpaired) electrons. The lowest BCUT2D eigenvalue weighted by Gasteiger charge is -2.03. The highest BCUT2D eigenvalue weighted by Crippen LogP contribution is 2.17. The Balaban J connectivity index is 2.62. The van der Waals surface area contributed by atoms with Gasteiger partial charge < -0.3 is 5.73 Å². The molecule has 0 atom stereocenters. The van der Waals surface area contributed by atoms with Gasteiger partial charge in [-0.15, -0.1) is 0 Å². The van der Waals surface area contributed by atoms with Gasteiger partial charge in [0, 0.05) is 6.21 Å². The summed E-state index contributed by atoms with van der Waals surface area (Å²) in [5.74, 6) is -0.509. The first-order valence-electron chi connectivity index (χ1n) is 3.38. The molecule has 2 aliphatic rings. The lowest BCUT2D eigenvalue weighted by Crippen LogP contribution is -2.22. The van der Waals surface area contributed by atoms with Gasteiger partial charge in [0.25, 0.3) is 5.91 Å². The molecule has 0 spiro atoms. The average molecular weight is 173 g/mol. The molecule has 2 heterocycles. The number of hydrogen-bond donors (Lipinski definition) is 1. The van der Waals surface area contributed by atoms with Gasteiger partial charge in [0.15, 0.2) is 5.84 Å². The fourth-order valence-corrected chi connectivity index (χ4v) is 1.05. The van der Waals surface area contributed by atoms with Crippen molar-refractivity contribution in [3.05, 3.63) is 11.1 Å². The van der Waals surface area contributed by atoms with Crippen molar-refractivity contribution in [2.75, 3.05) is 0 Å². The van der Waals surface area contributed by atoms with Crippen molar-refractivity contribution in [3.8, 4) is 6.07 Å². The second-order valence-corrected chi connectivity index (χ2v) is 2.37. The summed E-state index contributed by atoms with van der Waals surface area (Å²) >= 11 is 0. The van der Waals surface area contributed by atoms with Crippen LogP contribution in [0.2, 0.25) is 0 Å². The maximum Gasteiger partial charge on any atom is 0.285 e. The molecule has 6 heteroatoms. The number of fused-ring (bicyclic) bond motifs is 1. The average Bonchev–Trinajstić information content (AvgIpc) is 2.47. The lowest BCUT2D eigenvalue weighted by molar-refractivity contribution is -0.113. The highest BCUT2D eigenvalue weighted by Gasteiger charge is 2.27. The second-order valence-electron chi connectivity index (χ2n) is 2.37. The van der Waals surface area contributed by atoms with Crippen LogP contribution in [0.25, 0.3) is 0 Å². The van der Waals surface area contributed by atoms with Crippen molar-refractivity contribution < 1.29 is 4.79 Å². The number of nitriles is 1. The molecule has 0 unspecified atom stereocenters. The molecule has 1 amide bonds. The fourth-order valence-electron chi connectivity index (χ4n) is 1.05. The predicted molar refractivity (Wildman–Crippen MR) is 45.2 cm³/mol. The number of carbonyl (C=O) groups is 1. The van der Waals surface area contributed by atoms with Gasteiger partial charge in [-0.2, -0.15) is 15.2 Å². The summed E-state index contributed by atoms with van der Waals surface area (Å²) in [4.78, 5) is 22.1. The van der Waals surface area contributed by atoms with Crippen LogP contribution in [0.3, 0.4) is 0 Å². The van der Waals surface area contributed by atoms with E-state index in [1.165, 1.54) is 6.21 Å². The standard InChI is InChI=1S/C7H3N5O/c8-1-3-2-10-5-4(3)6(13)12-7(9)11-5/h2H,(H2,9,12,13). The Kier molecular flexibility index (Phi) is 1.33. The van der Waals surface area contributed by atoms with Crippen LogP contribution >= 0.6 is 0 Å². The number of amidine groups is 1. The second kappa shape index (κ2) is 2.35. The van der Waals surface area contributed by atoms with E-state index in [1.807, 2.05) is 6.07 Å². The minimum atomic E-state index is -0.559. The van der Waals surface area contributed by atoms with E-state index < -0.39 is 5.91 Å². The van der Waals surface area contributed by atoms with Crippen molar-refractivity contribution in [2.24, 2.45) is 20.7 Å². The zero-order valence-electron chi connectivity index (χ0n) is 6.35. The van der Waals surface area contributed by atoms with Crippen LogP contribution in [0.4, 0.5) is 0 Å². The number of aliphatic imine (C=N–C) groups is 3. The molecular formula is C7H3N5O.